The SMILES string of the molecule is O=C(c1cccc(C2CCNC2)c1)N1CCN(Cc2cccc(F)c2)CC1. The molecule has 2 aromatic rings. The average Bonchev–Trinajstić information content (AvgIpc) is 3.23. The Labute approximate surface area is 160 Å². The highest BCUT2D eigenvalue weighted by Gasteiger charge is 2.23. The van der Waals surface area contributed by atoms with E-state index in [9.17, 15) is 9.18 Å². The Kier molecular flexibility index (Phi) is 5.50. The highest BCUT2D eigenvalue weighted by Crippen LogP contribution is 2.23. The van der Waals surface area contributed by atoms with E-state index >= 15 is 0 Å². The van der Waals surface area contributed by atoms with Gasteiger partial charge in [0.1, 0.15) is 5.82 Å². The first-order chi connectivity index (χ1) is 13.2. The van der Waals surface area contributed by atoms with Crippen LogP contribution < -0.4 is 5.32 Å². The zero-order valence-electron chi connectivity index (χ0n) is 15.5. The van der Waals surface area contributed by atoms with Crippen LogP contribution >= 0.6 is 0 Å². The average molecular weight is 367 g/mol. The molecule has 2 aliphatic rings. The van der Waals surface area contributed by atoms with Crippen LogP contribution in [0.1, 0.15) is 33.8 Å². The second-order valence-electron chi connectivity index (χ2n) is 7.51. The lowest BCUT2D eigenvalue weighted by Crippen LogP contribution is -2.48. The van der Waals surface area contributed by atoms with Crippen LogP contribution in [-0.4, -0.2) is 55.0 Å². The third kappa shape index (κ3) is 4.37. The third-order valence-electron chi connectivity index (χ3n) is 5.62. The van der Waals surface area contributed by atoms with E-state index < -0.39 is 0 Å². The molecule has 0 saturated carbocycles. The normalized spacial score (nSPS) is 20.8. The van der Waals surface area contributed by atoms with Gasteiger partial charge in [0.15, 0.2) is 0 Å². The molecule has 0 spiro atoms. The van der Waals surface area contributed by atoms with Crippen molar-refractivity contribution in [2.75, 3.05) is 39.3 Å². The molecule has 0 aromatic heterocycles. The topological polar surface area (TPSA) is 35.6 Å². The van der Waals surface area contributed by atoms with E-state index in [0.29, 0.717) is 19.0 Å². The maximum Gasteiger partial charge on any atom is 0.253 e. The van der Waals surface area contributed by atoms with Gasteiger partial charge in [-0.2, -0.15) is 0 Å². The molecule has 2 aromatic carbocycles. The lowest BCUT2D eigenvalue weighted by Gasteiger charge is -2.35. The predicted octanol–water partition coefficient (Wildman–Crippen LogP) is 2.86. The Bertz CT molecular complexity index is 796. The van der Waals surface area contributed by atoms with Crippen molar-refractivity contribution in [2.24, 2.45) is 0 Å². The molecule has 5 heteroatoms. The van der Waals surface area contributed by atoms with E-state index in [2.05, 4.69) is 22.3 Å². The molecule has 1 unspecified atom stereocenters. The number of carbonyl (C=O) groups is 1. The second kappa shape index (κ2) is 8.19. The van der Waals surface area contributed by atoms with Crippen LogP contribution in [0.25, 0.3) is 0 Å². The van der Waals surface area contributed by atoms with Crippen LogP contribution in [0.15, 0.2) is 48.5 Å². The first-order valence-electron chi connectivity index (χ1n) is 9.76. The van der Waals surface area contributed by atoms with Crippen molar-refractivity contribution in [1.82, 2.24) is 15.1 Å². The molecule has 1 N–H and O–H groups in total. The number of piperazine rings is 1. The van der Waals surface area contributed by atoms with Crippen LogP contribution in [-0.2, 0) is 6.54 Å². The summed E-state index contributed by atoms with van der Waals surface area (Å²) >= 11 is 0. The van der Waals surface area contributed by atoms with Crippen molar-refractivity contribution >= 4 is 5.91 Å². The fourth-order valence-electron chi connectivity index (χ4n) is 4.05. The monoisotopic (exact) mass is 367 g/mol. The van der Waals surface area contributed by atoms with Crippen molar-refractivity contribution in [1.29, 1.82) is 0 Å². The van der Waals surface area contributed by atoms with Gasteiger partial charge in [-0.15, -0.1) is 0 Å². The van der Waals surface area contributed by atoms with Crippen LogP contribution in [0.5, 0.6) is 0 Å². The molecule has 1 atom stereocenters. The first-order valence-corrected chi connectivity index (χ1v) is 9.76. The summed E-state index contributed by atoms with van der Waals surface area (Å²) in [5, 5.41) is 3.39. The number of nitrogens with one attached hydrogen (secondary N) is 1. The van der Waals surface area contributed by atoms with E-state index in [1.807, 2.05) is 23.1 Å². The third-order valence-corrected chi connectivity index (χ3v) is 5.62. The summed E-state index contributed by atoms with van der Waals surface area (Å²) < 4.78 is 13.3. The molecule has 2 heterocycles. The van der Waals surface area contributed by atoms with Crippen molar-refractivity contribution in [3.05, 3.63) is 71.0 Å². The summed E-state index contributed by atoms with van der Waals surface area (Å²) in [5.41, 5.74) is 3.03. The Hall–Kier alpha value is -2.24. The molecule has 0 radical (unpaired) electrons. The van der Waals surface area contributed by atoms with Gasteiger partial charge >= 0.3 is 0 Å². The number of benzene rings is 2. The number of rotatable bonds is 4. The van der Waals surface area contributed by atoms with Gasteiger partial charge < -0.3 is 10.2 Å². The molecule has 0 aliphatic carbocycles. The molecule has 4 rings (SSSR count). The molecule has 0 bridgehead atoms. The quantitative estimate of drug-likeness (QED) is 0.903. The van der Waals surface area contributed by atoms with Crippen molar-refractivity contribution in [3.63, 3.8) is 0 Å². The van der Waals surface area contributed by atoms with Crippen molar-refractivity contribution < 1.29 is 9.18 Å². The number of amides is 1. The van der Waals surface area contributed by atoms with Crippen LogP contribution in [0, 0.1) is 5.82 Å². The van der Waals surface area contributed by atoms with Gasteiger partial charge in [0.05, 0.1) is 0 Å². The maximum absolute atomic E-state index is 13.3. The van der Waals surface area contributed by atoms with Crippen LogP contribution in [0.3, 0.4) is 0 Å². The van der Waals surface area contributed by atoms with E-state index in [-0.39, 0.29) is 11.7 Å². The van der Waals surface area contributed by atoms with E-state index in [1.165, 1.54) is 11.6 Å². The molecule has 2 fully saturated rings. The predicted molar refractivity (Wildman–Crippen MR) is 104 cm³/mol. The van der Waals surface area contributed by atoms with E-state index in [1.54, 1.807) is 12.1 Å². The fraction of sp³-hybridized carbons (Fsp3) is 0.409. The summed E-state index contributed by atoms with van der Waals surface area (Å²) in [7, 11) is 0. The molecular formula is C22H26FN3O. The summed E-state index contributed by atoms with van der Waals surface area (Å²) in [6.07, 6.45) is 1.14. The minimum absolute atomic E-state index is 0.119. The minimum Gasteiger partial charge on any atom is -0.336 e. The van der Waals surface area contributed by atoms with Crippen molar-refractivity contribution in [3.8, 4) is 0 Å². The largest absolute Gasteiger partial charge is 0.336 e. The molecule has 27 heavy (non-hydrogen) atoms. The highest BCUT2D eigenvalue weighted by molar-refractivity contribution is 5.94. The Balaban J connectivity index is 1.35. The summed E-state index contributed by atoms with van der Waals surface area (Å²) in [4.78, 5) is 17.1. The van der Waals surface area contributed by atoms with Gasteiger partial charge in [-0.05, 0) is 54.3 Å². The zero-order valence-corrected chi connectivity index (χ0v) is 15.5. The fourth-order valence-corrected chi connectivity index (χ4v) is 4.05. The van der Waals surface area contributed by atoms with Crippen LogP contribution in [0.4, 0.5) is 4.39 Å². The lowest BCUT2D eigenvalue weighted by molar-refractivity contribution is 0.0628. The number of hydrogen-bond donors (Lipinski definition) is 1. The highest BCUT2D eigenvalue weighted by atomic mass is 19.1. The Morgan fingerprint density at radius 1 is 1.07 bits per heavy atom. The molecule has 1 amide bonds. The summed E-state index contributed by atoms with van der Waals surface area (Å²) in [6, 6.07) is 14.9. The van der Waals surface area contributed by atoms with Gasteiger partial charge in [-0.3, -0.25) is 9.69 Å². The molecular weight excluding hydrogens is 341 g/mol. The molecule has 4 nitrogen and oxygen atoms in total. The van der Waals surface area contributed by atoms with Crippen LogP contribution in [0.2, 0.25) is 0 Å². The number of nitrogens with zero attached hydrogens (tertiary/aromatic N) is 2. The Morgan fingerprint density at radius 3 is 2.63 bits per heavy atom. The number of carbonyl (C=O) groups excluding carboxylic acids is 1. The number of halogens is 1. The van der Waals surface area contributed by atoms with E-state index in [0.717, 1.165) is 50.3 Å². The smallest absolute Gasteiger partial charge is 0.253 e. The van der Waals surface area contributed by atoms with Gasteiger partial charge in [0.25, 0.3) is 5.91 Å². The zero-order chi connectivity index (χ0) is 18.6. The molecule has 142 valence electrons. The van der Waals surface area contributed by atoms with Gasteiger partial charge in [-0.1, -0.05) is 24.3 Å². The summed E-state index contributed by atoms with van der Waals surface area (Å²) in [5.74, 6) is 0.438. The Morgan fingerprint density at radius 2 is 1.89 bits per heavy atom. The standard InChI is InChI=1S/C22H26FN3O/c23-21-6-1-3-17(13-21)16-25-9-11-26(12-10-25)22(27)19-5-2-4-18(14-19)20-7-8-24-15-20/h1-6,13-14,20,24H,7-12,15-16H2. The van der Waals surface area contributed by atoms with Gasteiger partial charge in [-0.25, -0.2) is 4.39 Å². The van der Waals surface area contributed by atoms with Crippen molar-refractivity contribution in [2.45, 2.75) is 18.9 Å². The first kappa shape index (κ1) is 18.1. The molecule has 2 aliphatic heterocycles. The number of hydrogen-bond acceptors (Lipinski definition) is 3. The summed E-state index contributed by atoms with van der Waals surface area (Å²) in [6.45, 7) is 5.83. The second-order valence-corrected chi connectivity index (χ2v) is 7.51. The van der Waals surface area contributed by atoms with E-state index in [4.69, 9.17) is 0 Å². The lowest BCUT2D eigenvalue weighted by atomic mass is 9.96. The maximum atomic E-state index is 13.3. The van der Waals surface area contributed by atoms with Gasteiger partial charge in [0, 0.05) is 44.8 Å². The minimum atomic E-state index is -0.196. The molecule has 2 saturated heterocycles. The van der Waals surface area contributed by atoms with Gasteiger partial charge in [0.2, 0.25) is 0 Å².